The van der Waals surface area contributed by atoms with Gasteiger partial charge in [0.2, 0.25) is 0 Å². The highest BCUT2D eigenvalue weighted by Crippen LogP contribution is 2.14. The van der Waals surface area contributed by atoms with Crippen LogP contribution in [-0.2, 0) is 47.4 Å². The second-order valence-corrected chi connectivity index (χ2v) is 13.5. The molecule has 0 atom stereocenters. The Morgan fingerprint density at radius 2 is 0.592 bits per heavy atom. The van der Waals surface area contributed by atoms with E-state index in [2.05, 4.69) is 6.92 Å². The van der Waals surface area contributed by atoms with E-state index in [9.17, 15) is 4.79 Å². The van der Waals surface area contributed by atoms with Gasteiger partial charge in [0.15, 0.2) is 0 Å². The number of hydrogen-bond acceptors (Lipinski definition) is 10. The molecule has 0 aliphatic carbocycles. The molecule has 0 saturated carbocycles. The van der Waals surface area contributed by atoms with Crippen molar-refractivity contribution in [3.8, 4) is 0 Å². The van der Waals surface area contributed by atoms with E-state index < -0.39 is 5.60 Å². The van der Waals surface area contributed by atoms with Gasteiger partial charge in [0.25, 0.3) is 0 Å². The van der Waals surface area contributed by atoms with Crippen molar-refractivity contribution in [3.05, 3.63) is 0 Å². The zero-order chi connectivity index (χ0) is 35.8. The fourth-order valence-electron chi connectivity index (χ4n) is 4.94. The average Bonchev–Trinajstić information content (AvgIpc) is 3.06. The molecule has 0 rings (SSSR count). The van der Waals surface area contributed by atoms with Gasteiger partial charge in [0.05, 0.1) is 106 Å². The molecule has 10 heteroatoms. The molecule has 0 aromatic heterocycles. The van der Waals surface area contributed by atoms with Gasteiger partial charge in [-0.25, -0.2) is 0 Å². The number of hydrogen-bond donors (Lipinski definition) is 0. The Balaban J connectivity index is 3.09. The number of ether oxygens (including phenoxy) is 9. The zero-order valence-electron chi connectivity index (χ0n) is 32.4. The maximum Gasteiger partial charge on any atom is 0.308 e. The summed E-state index contributed by atoms with van der Waals surface area (Å²) in [6, 6.07) is 0. The van der Waals surface area contributed by atoms with E-state index in [1.165, 1.54) is 96.3 Å². The summed E-state index contributed by atoms with van der Waals surface area (Å²) in [7, 11) is 0. The minimum absolute atomic E-state index is 0.241. The molecule has 0 N–H and O–H groups in total. The molecule has 0 aromatic carbocycles. The molecule has 0 heterocycles. The van der Waals surface area contributed by atoms with Gasteiger partial charge >= 0.3 is 5.97 Å². The van der Waals surface area contributed by atoms with Crippen LogP contribution >= 0.6 is 0 Å². The van der Waals surface area contributed by atoms with Crippen molar-refractivity contribution in [2.24, 2.45) is 0 Å². The number of unbranched alkanes of at least 4 members (excludes halogenated alkanes) is 15. The summed E-state index contributed by atoms with van der Waals surface area (Å²) in [5.41, 5.74) is -0.466. The first-order valence-electron chi connectivity index (χ1n) is 19.8. The number of carbonyl (C=O) groups is 1. The molecule has 0 bridgehead atoms. The Kier molecular flexibility index (Phi) is 39.2. The third-order valence-electron chi connectivity index (χ3n) is 7.62. The van der Waals surface area contributed by atoms with Crippen molar-refractivity contribution >= 4 is 5.97 Å². The number of esters is 1. The van der Waals surface area contributed by atoms with Crippen LogP contribution in [0.1, 0.15) is 137 Å². The molecular formula is C39H78O10. The van der Waals surface area contributed by atoms with Crippen LogP contribution in [-0.4, -0.2) is 117 Å². The van der Waals surface area contributed by atoms with E-state index in [0.29, 0.717) is 99.1 Å². The van der Waals surface area contributed by atoms with E-state index >= 15 is 0 Å². The summed E-state index contributed by atoms with van der Waals surface area (Å²) >= 11 is 0. The Bertz CT molecular complexity index is 644. The van der Waals surface area contributed by atoms with Crippen molar-refractivity contribution in [1.29, 1.82) is 0 Å². The largest absolute Gasteiger partial charge is 0.460 e. The predicted octanol–water partition coefficient (Wildman–Crippen LogP) is 8.11. The van der Waals surface area contributed by atoms with E-state index in [4.69, 9.17) is 42.6 Å². The van der Waals surface area contributed by atoms with Gasteiger partial charge in [-0.15, -0.1) is 0 Å². The highest BCUT2D eigenvalue weighted by molar-refractivity contribution is 5.69. The molecule has 0 radical (unpaired) electrons. The summed E-state index contributed by atoms with van der Waals surface area (Å²) in [5, 5.41) is 0. The predicted molar refractivity (Wildman–Crippen MR) is 197 cm³/mol. The summed E-state index contributed by atoms with van der Waals surface area (Å²) < 4.78 is 49.3. The number of carbonyl (C=O) groups excluding carboxylic acids is 1. The van der Waals surface area contributed by atoms with Gasteiger partial charge in [0, 0.05) is 6.61 Å². The minimum atomic E-state index is -0.466. The van der Waals surface area contributed by atoms with Gasteiger partial charge in [-0.3, -0.25) is 4.79 Å². The average molecular weight is 707 g/mol. The van der Waals surface area contributed by atoms with E-state index in [-0.39, 0.29) is 12.4 Å². The highest BCUT2D eigenvalue weighted by atomic mass is 16.6. The molecule has 0 saturated heterocycles. The van der Waals surface area contributed by atoms with Gasteiger partial charge in [-0.1, -0.05) is 103 Å². The Labute approximate surface area is 301 Å². The SMILES string of the molecule is CCCCCCCCCCCCCCCCCCOCCOCCOCCOCCOCCOCCOCCOCCC(=O)OC(C)(C)C. The van der Waals surface area contributed by atoms with E-state index in [0.717, 1.165) is 13.0 Å². The molecular weight excluding hydrogens is 628 g/mol. The van der Waals surface area contributed by atoms with Gasteiger partial charge in [-0.2, -0.15) is 0 Å². The van der Waals surface area contributed by atoms with Crippen LogP contribution in [0.4, 0.5) is 0 Å². The van der Waals surface area contributed by atoms with Crippen LogP contribution in [0, 0.1) is 0 Å². The van der Waals surface area contributed by atoms with E-state index in [1.807, 2.05) is 20.8 Å². The minimum Gasteiger partial charge on any atom is -0.460 e. The van der Waals surface area contributed by atoms with Crippen LogP contribution in [0.3, 0.4) is 0 Å². The van der Waals surface area contributed by atoms with E-state index in [1.54, 1.807) is 0 Å². The van der Waals surface area contributed by atoms with Crippen molar-refractivity contribution in [1.82, 2.24) is 0 Å². The van der Waals surface area contributed by atoms with Crippen molar-refractivity contribution < 1.29 is 47.4 Å². The molecule has 0 unspecified atom stereocenters. The molecule has 49 heavy (non-hydrogen) atoms. The maximum absolute atomic E-state index is 11.6. The molecule has 0 aromatic rings. The second-order valence-electron chi connectivity index (χ2n) is 13.5. The lowest BCUT2D eigenvalue weighted by Crippen LogP contribution is -2.24. The smallest absolute Gasteiger partial charge is 0.308 e. The summed E-state index contributed by atoms with van der Waals surface area (Å²) in [4.78, 5) is 11.6. The topological polar surface area (TPSA) is 100 Å². The first kappa shape index (κ1) is 48.1. The fourth-order valence-corrected chi connectivity index (χ4v) is 4.94. The molecule has 0 amide bonds. The van der Waals surface area contributed by atoms with Crippen LogP contribution in [0.15, 0.2) is 0 Å². The van der Waals surface area contributed by atoms with Crippen LogP contribution in [0.2, 0.25) is 0 Å². The first-order chi connectivity index (χ1) is 24.0. The monoisotopic (exact) mass is 707 g/mol. The number of rotatable bonds is 41. The summed E-state index contributed by atoms with van der Waals surface area (Å²) in [6.45, 7) is 16.3. The van der Waals surface area contributed by atoms with Crippen molar-refractivity contribution in [2.45, 2.75) is 142 Å². The fraction of sp³-hybridized carbons (Fsp3) is 0.974. The van der Waals surface area contributed by atoms with Gasteiger partial charge in [-0.05, 0) is 27.2 Å². The molecule has 0 spiro atoms. The van der Waals surface area contributed by atoms with Crippen LogP contribution < -0.4 is 0 Å². The Morgan fingerprint density at radius 1 is 0.347 bits per heavy atom. The second kappa shape index (κ2) is 39.9. The highest BCUT2D eigenvalue weighted by Gasteiger charge is 2.15. The summed E-state index contributed by atoms with van der Waals surface area (Å²) in [5.74, 6) is -0.256. The normalized spacial score (nSPS) is 11.8. The summed E-state index contributed by atoms with van der Waals surface area (Å²) in [6.07, 6.45) is 22.4. The standard InChI is InChI=1S/C39H78O10/c1-5-6-7-8-9-10-11-12-13-14-15-16-17-18-19-20-22-41-24-26-43-28-30-45-32-34-47-36-37-48-35-33-46-31-29-44-27-25-42-23-21-38(40)49-39(2,3)4/h5-37H2,1-4H3. The lowest BCUT2D eigenvalue weighted by atomic mass is 10.0. The lowest BCUT2D eigenvalue weighted by Gasteiger charge is -2.19. The first-order valence-corrected chi connectivity index (χ1v) is 19.8. The molecule has 10 nitrogen and oxygen atoms in total. The Hall–Kier alpha value is -0.850. The lowest BCUT2D eigenvalue weighted by molar-refractivity contribution is -0.156. The third-order valence-corrected chi connectivity index (χ3v) is 7.62. The van der Waals surface area contributed by atoms with Crippen molar-refractivity contribution in [3.63, 3.8) is 0 Å². The van der Waals surface area contributed by atoms with Crippen molar-refractivity contribution in [2.75, 3.05) is 106 Å². The molecule has 294 valence electrons. The molecule has 0 aliphatic rings. The van der Waals surface area contributed by atoms with Gasteiger partial charge in [0.1, 0.15) is 5.60 Å². The van der Waals surface area contributed by atoms with Crippen LogP contribution in [0.5, 0.6) is 0 Å². The quantitative estimate of drug-likeness (QED) is 0.0458. The maximum atomic E-state index is 11.6. The van der Waals surface area contributed by atoms with Crippen LogP contribution in [0.25, 0.3) is 0 Å². The third kappa shape index (κ3) is 45.1. The zero-order valence-corrected chi connectivity index (χ0v) is 32.4. The van der Waals surface area contributed by atoms with Gasteiger partial charge < -0.3 is 42.6 Å². The molecule has 0 aliphatic heterocycles. The molecule has 0 fully saturated rings. The Morgan fingerprint density at radius 3 is 0.878 bits per heavy atom.